The number of benzene rings is 1. The molecule has 1 N–H and O–H groups in total. The average molecular weight is 297 g/mol. The van der Waals surface area contributed by atoms with Crippen molar-refractivity contribution in [1.29, 1.82) is 0 Å². The molecule has 0 saturated carbocycles. The maximum absolute atomic E-state index is 11.9. The van der Waals surface area contributed by atoms with Crippen LogP contribution in [0.3, 0.4) is 0 Å². The summed E-state index contributed by atoms with van der Waals surface area (Å²) < 4.78 is 33.2. The quantitative estimate of drug-likeness (QED) is 0.868. The van der Waals surface area contributed by atoms with Crippen molar-refractivity contribution in [2.45, 2.75) is 11.8 Å². The molecule has 6 nitrogen and oxygen atoms in total. The molecule has 0 saturated heterocycles. The zero-order valence-electron chi connectivity index (χ0n) is 9.78. The van der Waals surface area contributed by atoms with Crippen LogP contribution in [0, 0.1) is 6.92 Å². The van der Waals surface area contributed by atoms with Crippen LogP contribution in [0.25, 0.3) is 0 Å². The highest BCUT2D eigenvalue weighted by Gasteiger charge is 2.16. The second-order valence-corrected chi connectivity index (χ2v) is 5.90. The molecule has 0 aliphatic heterocycles. The van der Waals surface area contributed by atoms with Crippen LogP contribution < -0.4 is 5.32 Å². The maximum Gasteiger partial charge on any atom is 0.258 e. The Morgan fingerprint density at radius 2 is 2.05 bits per heavy atom. The number of hydrogen-bond acceptors (Lipinski definition) is 6. The second kappa shape index (κ2) is 5.08. The fraction of sp³-hybridized carbons (Fsp3) is 0.0909. The van der Waals surface area contributed by atoms with Gasteiger partial charge in [0, 0.05) is 5.38 Å². The highest BCUT2D eigenvalue weighted by atomic mass is 32.2. The van der Waals surface area contributed by atoms with Gasteiger partial charge in [-0.2, -0.15) is 0 Å². The molecular formula is C11H9N2O4S2-. The van der Waals surface area contributed by atoms with E-state index >= 15 is 0 Å². The number of thiazole rings is 1. The molecule has 0 bridgehead atoms. The van der Waals surface area contributed by atoms with Crippen molar-refractivity contribution in [3.63, 3.8) is 0 Å². The van der Waals surface area contributed by atoms with Crippen molar-refractivity contribution in [3.8, 4) is 0 Å². The molecule has 19 heavy (non-hydrogen) atoms. The number of carbonyl (C=O) groups excluding carboxylic acids is 1. The predicted octanol–water partition coefficient (Wildman–Crippen LogP) is 1.61. The van der Waals surface area contributed by atoms with Crippen molar-refractivity contribution < 1.29 is 17.8 Å². The molecule has 2 rings (SSSR count). The Balaban J connectivity index is 2.35. The van der Waals surface area contributed by atoms with E-state index in [9.17, 15) is 17.8 Å². The Morgan fingerprint density at radius 3 is 2.63 bits per heavy atom. The van der Waals surface area contributed by atoms with E-state index in [0.29, 0.717) is 5.13 Å². The summed E-state index contributed by atoms with van der Waals surface area (Å²) >= 11 is 1.22. The lowest BCUT2D eigenvalue weighted by Crippen LogP contribution is -2.16. The van der Waals surface area contributed by atoms with E-state index in [1.807, 2.05) is 0 Å². The van der Waals surface area contributed by atoms with Crippen LogP contribution in [0.4, 0.5) is 5.13 Å². The van der Waals surface area contributed by atoms with Gasteiger partial charge in [-0.15, -0.1) is 11.3 Å². The number of rotatable bonds is 3. The van der Waals surface area contributed by atoms with Gasteiger partial charge in [0.1, 0.15) is 10.1 Å². The molecule has 1 aromatic heterocycles. The summed E-state index contributed by atoms with van der Waals surface area (Å²) in [4.78, 5) is 15.4. The van der Waals surface area contributed by atoms with E-state index in [-0.39, 0.29) is 5.56 Å². The Hall–Kier alpha value is -1.77. The Morgan fingerprint density at radius 1 is 1.37 bits per heavy atom. The molecule has 1 aromatic carbocycles. The Bertz CT molecular complexity index is 722. The van der Waals surface area contributed by atoms with Gasteiger partial charge in [-0.25, -0.2) is 13.4 Å². The fourth-order valence-corrected chi connectivity index (χ4v) is 2.81. The fourth-order valence-electron chi connectivity index (χ4n) is 1.45. The SMILES string of the molecule is Cc1csc(NC(=O)c2ccccc2S(=O)(=O)[O-])n1. The first kappa shape index (κ1) is 13.7. The number of nitrogens with zero attached hydrogens (tertiary/aromatic N) is 1. The highest BCUT2D eigenvalue weighted by molar-refractivity contribution is 7.85. The lowest BCUT2D eigenvalue weighted by atomic mass is 10.2. The van der Waals surface area contributed by atoms with Gasteiger partial charge < -0.3 is 4.55 Å². The predicted molar refractivity (Wildman–Crippen MR) is 69.2 cm³/mol. The average Bonchev–Trinajstić information content (AvgIpc) is 2.73. The normalized spacial score (nSPS) is 11.3. The first-order valence-corrected chi connectivity index (χ1v) is 7.45. The smallest absolute Gasteiger partial charge is 0.258 e. The second-order valence-electron chi connectivity index (χ2n) is 3.70. The molecular weight excluding hydrogens is 288 g/mol. The largest absolute Gasteiger partial charge is 0.744 e. The molecule has 0 aliphatic rings. The molecule has 0 atom stereocenters. The third kappa shape index (κ3) is 3.16. The van der Waals surface area contributed by atoms with Crippen molar-refractivity contribution >= 4 is 32.5 Å². The minimum Gasteiger partial charge on any atom is -0.744 e. The van der Waals surface area contributed by atoms with Gasteiger partial charge in [0.25, 0.3) is 5.91 Å². The van der Waals surface area contributed by atoms with Crippen LogP contribution in [-0.4, -0.2) is 23.9 Å². The number of nitrogens with one attached hydrogen (secondary N) is 1. The molecule has 0 fully saturated rings. The number of amides is 1. The van der Waals surface area contributed by atoms with E-state index in [1.54, 1.807) is 12.3 Å². The molecule has 0 radical (unpaired) electrons. The highest BCUT2D eigenvalue weighted by Crippen LogP contribution is 2.19. The maximum atomic E-state index is 11.9. The molecule has 0 unspecified atom stereocenters. The topological polar surface area (TPSA) is 99.2 Å². The summed E-state index contributed by atoms with van der Waals surface area (Å²) in [5.74, 6) is -0.677. The zero-order valence-corrected chi connectivity index (χ0v) is 11.4. The third-order valence-electron chi connectivity index (χ3n) is 2.24. The van der Waals surface area contributed by atoms with Crippen LogP contribution in [0.5, 0.6) is 0 Å². The number of aromatic nitrogens is 1. The van der Waals surface area contributed by atoms with Crippen LogP contribution in [0.2, 0.25) is 0 Å². The van der Waals surface area contributed by atoms with Gasteiger partial charge in [-0.1, -0.05) is 12.1 Å². The van der Waals surface area contributed by atoms with Crippen molar-refractivity contribution in [2.75, 3.05) is 5.32 Å². The van der Waals surface area contributed by atoms with E-state index < -0.39 is 20.9 Å². The van der Waals surface area contributed by atoms with Crippen molar-refractivity contribution in [2.24, 2.45) is 0 Å². The van der Waals surface area contributed by atoms with Crippen LogP contribution in [0.15, 0.2) is 34.5 Å². The summed E-state index contributed by atoms with van der Waals surface area (Å²) in [6.07, 6.45) is 0. The number of aryl methyl sites for hydroxylation is 1. The van der Waals surface area contributed by atoms with Crippen molar-refractivity contribution in [1.82, 2.24) is 4.98 Å². The molecule has 2 aromatic rings. The number of carbonyl (C=O) groups is 1. The minimum absolute atomic E-state index is 0.189. The summed E-state index contributed by atoms with van der Waals surface area (Å²) in [7, 11) is -4.69. The Labute approximate surface area is 113 Å². The van der Waals surface area contributed by atoms with Crippen LogP contribution in [-0.2, 0) is 10.1 Å². The summed E-state index contributed by atoms with van der Waals surface area (Å²) in [6, 6.07) is 5.25. The van der Waals surface area contributed by atoms with Gasteiger partial charge in [0.05, 0.1) is 16.2 Å². The van der Waals surface area contributed by atoms with Crippen LogP contribution in [0.1, 0.15) is 16.1 Å². The van der Waals surface area contributed by atoms with E-state index in [1.165, 1.54) is 29.5 Å². The number of hydrogen-bond donors (Lipinski definition) is 1. The van der Waals surface area contributed by atoms with E-state index in [2.05, 4.69) is 10.3 Å². The van der Waals surface area contributed by atoms with E-state index in [4.69, 9.17) is 0 Å². The minimum atomic E-state index is -4.69. The lowest BCUT2D eigenvalue weighted by molar-refractivity contribution is 0.102. The molecule has 0 spiro atoms. The van der Waals surface area contributed by atoms with Gasteiger partial charge in [-0.05, 0) is 19.1 Å². The monoisotopic (exact) mass is 297 g/mol. The Kier molecular flexibility index (Phi) is 3.65. The first-order chi connectivity index (χ1) is 8.88. The molecule has 100 valence electrons. The lowest BCUT2D eigenvalue weighted by Gasteiger charge is -2.11. The molecule has 0 aliphatic carbocycles. The first-order valence-electron chi connectivity index (χ1n) is 5.16. The summed E-state index contributed by atoms with van der Waals surface area (Å²) in [5, 5.41) is 4.55. The molecule has 1 heterocycles. The van der Waals surface area contributed by atoms with Crippen molar-refractivity contribution in [3.05, 3.63) is 40.9 Å². The van der Waals surface area contributed by atoms with E-state index in [0.717, 1.165) is 11.8 Å². The molecule has 8 heteroatoms. The third-order valence-corrected chi connectivity index (χ3v) is 4.01. The summed E-state index contributed by atoms with van der Waals surface area (Å²) in [6.45, 7) is 1.77. The van der Waals surface area contributed by atoms with Gasteiger partial charge in [0.2, 0.25) is 0 Å². The number of anilines is 1. The van der Waals surface area contributed by atoms with Gasteiger partial charge in [0.15, 0.2) is 5.13 Å². The van der Waals surface area contributed by atoms with Gasteiger partial charge in [-0.3, -0.25) is 10.1 Å². The summed E-state index contributed by atoms with van der Waals surface area (Å²) in [5.41, 5.74) is 0.551. The van der Waals surface area contributed by atoms with Gasteiger partial charge >= 0.3 is 0 Å². The zero-order chi connectivity index (χ0) is 14.0. The standard InChI is InChI=1S/C11H10N2O4S2/c1-7-6-18-11(12-7)13-10(14)8-4-2-3-5-9(8)19(15,16)17/h2-6H,1H3,(H,12,13,14)(H,15,16,17)/p-1. The van der Waals surface area contributed by atoms with Crippen LogP contribution >= 0.6 is 11.3 Å². The molecule has 1 amide bonds.